The second kappa shape index (κ2) is 18.8. The van der Waals surface area contributed by atoms with Crippen LogP contribution in [-0.2, 0) is 32.0 Å². The van der Waals surface area contributed by atoms with Gasteiger partial charge in [-0.05, 0) is 30.5 Å². The Morgan fingerprint density at radius 1 is 0.808 bits per heavy atom. The van der Waals surface area contributed by atoms with Crippen LogP contribution in [0, 0.1) is 0 Å². The van der Waals surface area contributed by atoms with E-state index in [1.54, 1.807) is 0 Å². The molecule has 0 saturated heterocycles. The SMILES string of the molecule is CCCCCCCCCc1ccc(OP(OCCCl)OCCCl)cc1.[Ni]. The van der Waals surface area contributed by atoms with Crippen LogP contribution in [0.3, 0.4) is 0 Å². The molecule has 0 fully saturated rings. The van der Waals surface area contributed by atoms with E-state index in [9.17, 15) is 0 Å². The van der Waals surface area contributed by atoms with Crippen molar-refractivity contribution < 1.29 is 30.1 Å². The van der Waals surface area contributed by atoms with Crippen LogP contribution in [0.1, 0.15) is 57.4 Å². The van der Waals surface area contributed by atoms with Gasteiger partial charge in [-0.3, -0.25) is 0 Å². The number of benzene rings is 1. The summed E-state index contributed by atoms with van der Waals surface area (Å²) in [5.41, 5.74) is 1.34. The molecule has 7 heteroatoms. The van der Waals surface area contributed by atoms with Crippen molar-refractivity contribution in [2.24, 2.45) is 0 Å². The van der Waals surface area contributed by atoms with Gasteiger partial charge in [0, 0.05) is 28.3 Å². The largest absolute Gasteiger partial charge is 0.427 e. The van der Waals surface area contributed by atoms with E-state index in [1.165, 1.54) is 50.5 Å². The molecule has 0 saturated carbocycles. The zero-order valence-electron chi connectivity index (χ0n) is 15.5. The van der Waals surface area contributed by atoms with Crippen LogP contribution in [0.25, 0.3) is 0 Å². The van der Waals surface area contributed by atoms with Gasteiger partial charge in [0.05, 0.1) is 13.2 Å². The van der Waals surface area contributed by atoms with Gasteiger partial charge >= 0.3 is 8.60 Å². The molecular formula is C19H31Cl2NiO3P. The predicted octanol–water partition coefficient (Wildman–Crippen LogP) is 7.09. The van der Waals surface area contributed by atoms with Gasteiger partial charge in [0.2, 0.25) is 0 Å². The fraction of sp³-hybridized carbons (Fsp3) is 0.684. The third-order valence-corrected chi connectivity index (χ3v) is 5.18. The monoisotopic (exact) mass is 466 g/mol. The molecule has 0 spiro atoms. The molecular weight excluding hydrogens is 437 g/mol. The van der Waals surface area contributed by atoms with Crippen molar-refractivity contribution in [3.63, 3.8) is 0 Å². The van der Waals surface area contributed by atoms with Crippen molar-refractivity contribution in [1.82, 2.24) is 0 Å². The molecule has 3 nitrogen and oxygen atoms in total. The molecule has 0 amide bonds. The maximum atomic E-state index is 5.76. The first-order valence-corrected chi connectivity index (χ1v) is 11.4. The fourth-order valence-electron chi connectivity index (χ4n) is 2.40. The summed E-state index contributed by atoms with van der Waals surface area (Å²) < 4.78 is 16.7. The standard InChI is InChI=1S/C19H31Cl2O3P.Ni/c1-2-3-4-5-6-7-8-9-18-10-12-19(13-11-18)24-25(22-16-14-20)23-17-15-21;/h10-13H,2-9,14-17H2,1H3;. The van der Waals surface area contributed by atoms with Crippen molar-refractivity contribution in [3.05, 3.63) is 29.8 Å². The number of aryl methyl sites for hydroxylation is 1. The topological polar surface area (TPSA) is 27.7 Å². The van der Waals surface area contributed by atoms with Crippen LogP contribution in [0.5, 0.6) is 5.75 Å². The predicted molar refractivity (Wildman–Crippen MR) is 109 cm³/mol. The summed E-state index contributed by atoms with van der Waals surface area (Å²) in [7, 11) is -1.45. The second-order valence-electron chi connectivity index (χ2n) is 5.87. The first kappa shape index (κ1) is 26.4. The smallest absolute Gasteiger partial charge is 0.397 e. The molecule has 0 aliphatic heterocycles. The van der Waals surface area contributed by atoms with E-state index in [-0.39, 0.29) is 16.5 Å². The quantitative estimate of drug-likeness (QED) is 0.112. The maximum absolute atomic E-state index is 5.76. The number of unbranched alkanes of at least 4 members (excludes halogenated alkanes) is 6. The molecule has 0 heterocycles. The van der Waals surface area contributed by atoms with Gasteiger partial charge < -0.3 is 13.6 Å². The number of halogens is 2. The fourth-order valence-corrected chi connectivity index (χ4v) is 3.72. The van der Waals surface area contributed by atoms with Gasteiger partial charge in [-0.15, -0.1) is 23.2 Å². The minimum absolute atomic E-state index is 0. The van der Waals surface area contributed by atoms with Gasteiger partial charge in [0.25, 0.3) is 0 Å². The number of hydrogen-bond donors (Lipinski definition) is 0. The summed E-state index contributed by atoms with van der Waals surface area (Å²) in [6.45, 7) is 3.04. The Hall–Kier alpha value is 0.444. The molecule has 0 N–H and O–H groups in total. The summed E-state index contributed by atoms with van der Waals surface area (Å²) in [5.74, 6) is 1.56. The molecule has 1 aromatic rings. The average molecular weight is 468 g/mol. The van der Waals surface area contributed by atoms with Crippen molar-refractivity contribution in [2.75, 3.05) is 25.0 Å². The van der Waals surface area contributed by atoms with Crippen LogP contribution in [0.15, 0.2) is 24.3 Å². The van der Waals surface area contributed by atoms with Gasteiger partial charge in [-0.1, -0.05) is 57.6 Å². The van der Waals surface area contributed by atoms with Gasteiger partial charge in [-0.25, -0.2) is 0 Å². The Balaban J connectivity index is 0.00000625. The Kier molecular flexibility index (Phi) is 19.1. The minimum atomic E-state index is -1.45. The zero-order valence-corrected chi connectivity index (χ0v) is 18.9. The van der Waals surface area contributed by atoms with Crippen molar-refractivity contribution in [3.8, 4) is 5.75 Å². The van der Waals surface area contributed by atoms with Crippen LogP contribution in [0.4, 0.5) is 0 Å². The van der Waals surface area contributed by atoms with E-state index in [0.29, 0.717) is 25.0 Å². The molecule has 0 unspecified atom stereocenters. The summed E-state index contributed by atoms with van der Waals surface area (Å²) in [6, 6.07) is 8.17. The average Bonchev–Trinajstić information content (AvgIpc) is 2.64. The van der Waals surface area contributed by atoms with Gasteiger partial charge in [0.1, 0.15) is 5.75 Å². The third-order valence-electron chi connectivity index (χ3n) is 3.72. The Labute approximate surface area is 180 Å². The maximum Gasteiger partial charge on any atom is 0.397 e. The van der Waals surface area contributed by atoms with E-state index in [2.05, 4.69) is 19.1 Å². The van der Waals surface area contributed by atoms with Crippen LogP contribution >= 0.6 is 31.8 Å². The summed E-state index contributed by atoms with van der Waals surface area (Å²) in [6.07, 6.45) is 10.5. The van der Waals surface area contributed by atoms with Crippen LogP contribution in [-0.4, -0.2) is 25.0 Å². The molecule has 0 aliphatic rings. The van der Waals surface area contributed by atoms with Crippen LogP contribution in [0.2, 0.25) is 0 Å². The van der Waals surface area contributed by atoms with E-state index in [1.807, 2.05) is 12.1 Å². The Morgan fingerprint density at radius 2 is 1.35 bits per heavy atom. The summed E-state index contributed by atoms with van der Waals surface area (Å²) in [4.78, 5) is 0. The number of rotatable bonds is 16. The van der Waals surface area contributed by atoms with E-state index in [0.717, 1.165) is 12.2 Å². The molecule has 0 radical (unpaired) electrons. The van der Waals surface area contributed by atoms with Crippen molar-refractivity contribution >= 4 is 31.8 Å². The van der Waals surface area contributed by atoms with Crippen LogP contribution < -0.4 is 4.52 Å². The summed E-state index contributed by atoms with van der Waals surface area (Å²) >= 11 is 11.3. The molecule has 0 bridgehead atoms. The van der Waals surface area contributed by atoms with E-state index in [4.69, 9.17) is 36.8 Å². The molecule has 0 atom stereocenters. The molecule has 0 aliphatic carbocycles. The molecule has 1 rings (SSSR count). The number of alkyl halides is 2. The Morgan fingerprint density at radius 3 is 1.88 bits per heavy atom. The Bertz CT molecular complexity index is 416. The zero-order chi connectivity index (χ0) is 18.2. The first-order valence-electron chi connectivity index (χ1n) is 9.25. The third kappa shape index (κ3) is 13.6. The molecule has 0 aromatic heterocycles. The van der Waals surface area contributed by atoms with Gasteiger partial charge in [0.15, 0.2) is 0 Å². The molecule has 26 heavy (non-hydrogen) atoms. The van der Waals surface area contributed by atoms with Gasteiger partial charge in [-0.2, -0.15) is 0 Å². The molecule has 1 aromatic carbocycles. The first-order chi connectivity index (χ1) is 12.3. The molecule has 154 valence electrons. The van der Waals surface area contributed by atoms with E-state index < -0.39 is 8.60 Å². The second-order valence-corrected chi connectivity index (χ2v) is 7.78. The number of hydrogen-bond acceptors (Lipinski definition) is 3. The van der Waals surface area contributed by atoms with E-state index >= 15 is 0 Å². The van der Waals surface area contributed by atoms with Crippen molar-refractivity contribution in [2.45, 2.75) is 58.3 Å². The van der Waals surface area contributed by atoms with Crippen molar-refractivity contribution in [1.29, 1.82) is 0 Å². The minimum Gasteiger partial charge on any atom is -0.427 e. The summed E-state index contributed by atoms with van der Waals surface area (Å²) in [5, 5.41) is 0. The normalized spacial score (nSPS) is 10.8.